The Kier molecular flexibility index (Phi) is 4.73. The van der Waals surface area contributed by atoms with Gasteiger partial charge in [-0.3, -0.25) is 9.59 Å². The van der Waals surface area contributed by atoms with Crippen molar-refractivity contribution in [3.8, 4) is 0 Å². The molecule has 8 nitrogen and oxygen atoms in total. The van der Waals surface area contributed by atoms with E-state index >= 15 is 0 Å². The molecule has 0 amide bonds. The fraction of sp³-hybridized carbons (Fsp3) is 0.333. The van der Waals surface area contributed by atoms with Gasteiger partial charge in [0.15, 0.2) is 0 Å². The van der Waals surface area contributed by atoms with Gasteiger partial charge in [0.25, 0.3) is 5.56 Å². The van der Waals surface area contributed by atoms with Crippen LogP contribution in [-0.4, -0.2) is 32.8 Å². The van der Waals surface area contributed by atoms with Gasteiger partial charge in [0.2, 0.25) is 0 Å². The Bertz CT molecular complexity index is 683. The fourth-order valence-electron chi connectivity index (χ4n) is 1.68. The molecule has 0 spiro atoms. The van der Waals surface area contributed by atoms with Gasteiger partial charge in [-0.15, -0.1) is 0 Å². The molecule has 2 N–H and O–H groups in total. The van der Waals surface area contributed by atoms with E-state index < -0.39 is 11.5 Å². The Morgan fingerprint density at radius 1 is 1.62 bits per heavy atom. The zero-order chi connectivity index (χ0) is 15.4. The largest absolute Gasteiger partial charge is 0.468 e. The molecule has 2 rings (SSSR count). The number of nitrogens with one attached hydrogen (secondary N) is 2. The minimum absolute atomic E-state index is 0.131. The number of esters is 1. The molecule has 0 aliphatic heterocycles. The number of halogens is 1. The predicted octanol–water partition coefficient (Wildman–Crippen LogP) is 1.07. The summed E-state index contributed by atoms with van der Waals surface area (Å²) in [7, 11) is 1.25. The van der Waals surface area contributed by atoms with Crippen molar-refractivity contribution in [3.63, 3.8) is 0 Å². The van der Waals surface area contributed by atoms with Crippen LogP contribution in [0.4, 0.5) is 5.69 Å². The molecule has 112 valence electrons. The van der Waals surface area contributed by atoms with E-state index in [1.165, 1.54) is 13.3 Å². The van der Waals surface area contributed by atoms with Crippen LogP contribution in [0.25, 0.3) is 0 Å². The van der Waals surface area contributed by atoms with Crippen molar-refractivity contribution in [1.82, 2.24) is 19.7 Å². The monoisotopic (exact) mass is 355 g/mol. The van der Waals surface area contributed by atoms with Crippen LogP contribution >= 0.6 is 15.9 Å². The highest BCUT2D eigenvalue weighted by atomic mass is 79.9. The first-order valence-corrected chi connectivity index (χ1v) is 6.90. The Hall–Kier alpha value is -2.16. The average molecular weight is 356 g/mol. The van der Waals surface area contributed by atoms with Crippen molar-refractivity contribution >= 4 is 27.6 Å². The number of aromatic amines is 1. The summed E-state index contributed by atoms with van der Waals surface area (Å²) in [6.07, 6.45) is 4.83. The molecular weight excluding hydrogens is 342 g/mol. The number of nitrogens with zero attached hydrogens (tertiary/aromatic N) is 3. The molecule has 9 heteroatoms. The maximum absolute atomic E-state index is 12.1. The van der Waals surface area contributed by atoms with Gasteiger partial charge in [-0.25, -0.2) is 9.67 Å². The van der Waals surface area contributed by atoms with Gasteiger partial charge in [0.1, 0.15) is 16.8 Å². The number of ether oxygens (including phenoxy) is 1. The van der Waals surface area contributed by atoms with Gasteiger partial charge in [0, 0.05) is 12.4 Å². The summed E-state index contributed by atoms with van der Waals surface area (Å²) in [5.74, 6) is 0.196. The number of carbonyl (C=O) groups is 1. The van der Waals surface area contributed by atoms with Crippen LogP contribution in [0, 0.1) is 0 Å². The predicted molar refractivity (Wildman–Crippen MR) is 78.8 cm³/mol. The molecule has 1 atom stereocenters. The highest BCUT2D eigenvalue weighted by Gasteiger charge is 2.14. The Labute approximate surface area is 128 Å². The van der Waals surface area contributed by atoms with Crippen LogP contribution in [0.2, 0.25) is 0 Å². The van der Waals surface area contributed by atoms with Crippen molar-refractivity contribution in [2.24, 2.45) is 0 Å². The molecule has 0 aliphatic rings. The third-order valence-corrected chi connectivity index (χ3v) is 3.56. The Balaban J connectivity index is 2.21. The zero-order valence-electron chi connectivity index (χ0n) is 11.5. The van der Waals surface area contributed by atoms with E-state index in [-0.39, 0.29) is 12.6 Å². The average Bonchev–Trinajstić information content (AvgIpc) is 3.01. The van der Waals surface area contributed by atoms with Gasteiger partial charge < -0.3 is 15.0 Å². The van der Waals surface area contributed by atoms with E-state index in [0.29, 0.717) is 10.2 Å². The number of imidazole rings is 1. The molecule has 2 heterocycles. The molecule has 0 saturated heterocycles. The van der Waals surface area contributed by atoms with Crippen LogP contribution in [0.3, 0.4) is 0 Å². The summed E-state index contributed by atoms with van der Waals surface area (Å²) in [6, 6.07) is -0.131. The highest BCUT2D eigenvalue weighted by Crippen LogP contribution is 2.21. The number of aromatic nitrogens is 4. The van der Waals surface area contributed by atoms with E-state index in [9.17, 15) is 9.59 Å². The SMILES string of the molecule is COC(=O)Cn1ncc(NC(C)c2ncc[nH]2)c(Br)c1=O. The Morgan fingerprint density at radius 2 is 2.38 bits per heavy atom. The van der Waals surface area contributed by atoms with E-state index in [1.807, 2.05) is 6.92 Å². The van der Waals surface area contributed by atoms with Crippen molar-refractivity contribution in [2.45, 2.75) is 19.5 Å². The smallest absolute Gasteiger partial charge is 0.327 e. The fourth-order valence-corrected chi connectivity index (χ4v) is 2.10. The van der Waals surface area contributed by atoms with Crippen LogP contribution in [-0.2, 0) is 16.1 Å². The van der Waals surface area contributed by atoms with Crippen LogP contribution in [0.5, 0.6) is 0 Å². The molecule has 0 aromatic carbocycles. The summed E-state index contributed by atoms with van der Waals surface area (Å²) in [5.41, 5.74) is 0.0991. The molecular formula is C12H14BrN5O3. The van der Waals surface area contributed by atoms with Crippen LogP contribution in [0.1, 0.15) is 18.8 Å². The number of rotatable bonds is 5. The van der Waals surface area contributed by atoms with E-state index in [4.69, 9.17) is 0 Å². The van der Waals surface area contributed by atoms with Crippen molar-refractivity contribution in [1.29, 1.82) is 0 Å². The summed E-state index contributed by atoms with van der Waals surface area (Å²) in [4.78, 5) is 30.4. The number of H-pyrrole nitrogens is 1. The molecule has 0 saturated carbocycles. The third-order valence-electron chi connectivity index (χ3n) is 2.79. The van der Waals surface area contributed by atoms with Gasteiger partial charge in [0.05, 0.1) is 25.0 Å². The Morgan fingerprint density at radius 3 is 3.00 bits per heavy atom. The lowest BCUT2D eigenvalue weighted by atomic mass is 10.3. The maximum Gasteiger partial charge on any atom is 0.327 e. The molecule has 2 aromatic rings. The first kappa shape index (κ1) is 15.2. The molecule has 0 fully saturated rings. The van der Waals surface area contributed by atoms with Gasteiger partial charge >= 0.3 is 5.97 Å². The second kappa shape index (κ2) is 6.53. The number of methoxy groups -OCH3 is 1. The van der Waals surface area contributed by atoms with E-state index in [0.717, 1.165) is 10.5 Å². The van der Waals surface area contributed by atoms with Crippen molar-refractivity contribution in [3.05, 3.63) is 39.2 Å². The topological polar surface area (TPSA) is 102 Å². The number of anilines is 1. The quantitative estimate of drug-likeness (QED) is 0.778. The lowest BCUT2D eigenvalue weighted by molar-refractivity contribution is -0.141. The maximum atomic E-state index is 12.1. The number of hydrogen-bond acceptors (Lipinski definition) is 6. The third kappa shape index (κ3) is 3.48. The normalized spacial score (nSPS) is 12.0. The van der Waals surface area contributed by atoms with Gasteiger partial charge in [-0.2, -0.15) is 5.10 Å². The second-order valence-corrected chi connectivity index (χ2v) is 5.04. The number of carbonyl (C=O) groups excluding carboxylic acids is 1. The molecule has 0 radical (unpaired) electrons. The summed E-state index contributed by atoms with van der Waals surface area (Å²) < 4.78 is 5.83. The second-order valence-electron chi connectivity index (χ2n) is 4.25. The van der Waals surface area contributed by atoms with E-state index in [1.54, 1.807) is 12.4 Å². The minimum Gasteiger partial charge on any atom is -0.468 e. The highest BCUT2D eigenvalue weighted by molar-refractivity contribution is 9.10. The molecule has 0 aliphatic carbocycles. The lowest BCUT2D eigenvalue weighted by Gasteiger charge is -2.14. The van der Waals surface area contributed by atoms with Crippen molar-refractivity contribution < 1.29 is 9.53 Å². The first-order chi connectivity index (χ1) is 10.0. The summed E-state index contributed by atoms with van der Waals surface area (Å²) >= 11 is 3.22. The molecule has 1 unspecified atom stereocenters. The van der Waals surface area contributed by atoms with E-state index in [2.05, 4.69) is 41.1 Å². The molecule has 2 aromatic heterocycles. The molecule has 0 bridgehead atoms. The minimum atomic E-state index is -0.541. The van der Waals surface area contributed by atoms with Gasteiger partial charge in [-0.1, -0.05) is 0 Å². The first-order valence-electron chi connectivity index (χ1n) is 6.11. The van der Waals surface area contributed by atoms with Gasteiger partial charge in [-0.05, 0) is 22.9 Å². The summed E-state index contributed by atoms with van der Waals surface area (Å²) in [6.45, 7) is 1.66. The summed E-state index contributed by atoms with van der Waals surface area (Å²) in [5, 5.41) is 7.06. The molecule has 21 heavy (non-hydrogen) atoms. The van der Waals surface area contributed by atoms with Crippen molar-refractivity contribution in [2.75, 3.05) is 12.4 Å². The van der Waals surface area contributed by atoms with Crippen LogP contribution in [0.15, 0.2) is 27.9 Å². The lowest BCUT2D eigenvalue weighted by Crippen LogP contribution is -2.28. The standard InChI is InChI=1S/C12H14BrN5O3/c1-7(11-14-3-4-15-11)17-8-5-16-18(6-9(19)21-2)12(20)10(8)13/h3-5,7,17H,6H2,1-2H3,(H,14,15). The zero-order valence-corrected chi connectivity index (χ0v) is 13.0. The number of hydrogen-bond donors (Lipinski definition) is 2. The van der Waals surface area contributed by atoms with Crippen LogP contribution < -0.4 is 10.9 Å².